The van der Waals surface area contributed by atoms with Crippen molar-refractivity contribution in [2.45, 2.75) is 56.5 Å². The van der Waals surface area contributed by atoms with E-state index in [2.05, 4.69) is 10.3 Å². The van der Waals surface area contributed by atoms with E-state index in [0.29, 0.717) is 5.56 Å². The number of amides is 2. The Morgan fingerprint density at radius 3 is 2.39 bits per heavy atom. The number of pyridine rings is 1. The maximum absolute atomic E-state index is 12.9. The molecular formula is C19H24F3N3O3. The van der Waals surface area contributed by atoms with Crippen LogP contribution in [-0.2, 0) is 10.2 Å². The number of rotatable bonds is 8. The van der Waals surface area contributed by atoms with Crippen molar-refractivity contribution in [3.63, 3.8) is 0 Å². The molecule has 1 heterocycles. The van der Waals surface area contributed by atoms with Gasteiger partial charge in [0, 0.05) is 36.2 Å². The summed E-state index contributed by atoms with van der Waals surface area (Å²) in [5.41, 5.74) is 5.27. The summed E-state index contributed by atoms with van der Waals surface area (Å²) in [5, 5.41) is 2.55. The van der Waals surface area contributed by atoms with Gasteiger partial charge in [-0.2, -0.15) is 13.2 Å². The first kappa shape index (κ1) is 20.4. The van der Waals surface area contributed by atoms with E-state index < -0.39 is 24.1 Å². The predicted molar refractivity (Wildman–Crippen MR) is 95.0 cm³/mol. The highest BCUT2D eigenvalue weighted by Crippen LogP contribution is 2.55. The van der Waals surface area contributed by atoms with Gasteiger partial charge in [-0.3, -0.25) is 14.6 Å². The minimum Gasteiger partial charge on any atom is -0.483 e. The smallest absolute Gasteiger partial charge is 0.422 e. The highest BCUT2D eigenvalue weighted by atomic mass is 19.4. The number of alkyl halides is 3. The molecule has 1 aromatic heterocycles. The molecule has 6 nitrogen and oxygen atoms in total. The summed E-state index contributed by atoms with van der Waals surface area (Å²) >= 11 is 0. The molecule has 0 spiro atoms. The van der Waals surface area contributed by atoms with Crippen LogP contribution in [0.2, 0.25) is 0 Å². The third-order valence-corrected chi connectivity index (χ3v) is 5.55. The monoisotopic (exact) mass is 399 g/mol. The molecule has 0 radical (unpaired) electrons. The number of nitrogens with two attached hydrogens (primary N) is 1. The highest BCUT2D eigenvalue weighted by Gasteiger charge is 2.49. The molecule has 154 valence electrons. The van der Waals surface area contributed by atoms with Gasteiger partial charge in [0.05, 0.1) is 0 Å². The molecule has 2 amide bonds. The van der Waals surface area contributed by atoms with Crippen molar-refractivity contribution in [2.24, 2.45) is 11.7 Å². The molecule has 3 N–H and O–H groups in total. The molecule has 9 heteroatoms. The van der Waals surface area contributed by atoms with Crippen molar-refractivity contribution >= 4 is 11.8 Å². The second-order valence-electron chi connectivity index (χ2n) is 7.85. The van der Waals surface area contributed by atoms with Gasteiger partial charge in [-0.1, -0.05) is 6.92 Å². The lowest BCUT2D eigenvalue weighted by molar-refractivity contribution is -0.153. The molecule has 0 saturated heterocycles. The Morgan fingerprint density at radius 2 is 1.93 bits per heavy atom. The summed E-state index contributed by atoms with van der Waals surface area (Å²) in [4.78, 5) is 28.5. The van der Waals surface area contributed by atoms with Crippen molar-refractivity contribution in [1.29, 1.82) is 0 Å². The molecule has 2 aliphatic carbocycles. The van der Waals surface area contributed by atoms with Crippen LogP contribution >= 0.6 is 0 Å². The maximum Gasteiger partial charge on any atom is 0.422 e. The van der Waals surface area contributed by atoms with Crippen LogP contribution in [0.1, 0.15) is 66.6 Å². The van der Waals surface area contributed by atoms with Gasteiger partial charge in [0.2, 0.25) is 5.91 Å². The zero-order chi connectivity index (χ0) is 20.7. The fourth-order valence-electron chi connectivity index (χ4n) is 3.80. The Bertz CT molecular complexity index is 789. The molecule has 2 saturated carbocycles. The summed E-state index contributed by atoms with van der Waals surface area (Å²) in [7, 11) is 1.49. The van der Waals surface area contributed by atoms with Crippen molar-refractivity contribution < 1.29 is 27.5 Å². The van der Waals surface area contributed by atoms with Gasteiger partial charge in [-0.25, -0.2) is 0 Å². The minimum atomic E-state index is -4.54. The third-order valence-electron chi connectivity index (χ3n) is 5.55. The average molecular weight is 399 g/mol. The first-order valence-corrected chi connectivity index (χ1v) is 9.30. The van der Waals surface area contributed by atoms with Crippen molar-refractivity contribution in [3.05, 3.63) is 23.0 Å². The highest BCUT2D eigenvalue weighted by molar-refractivity contribution is 5.94. The average Bonchev–Trinajstić information content (AvgIpc) is 3.48. The minimum absolute atomic E-state index is 0.00657. The topological polar surface area (TPSA) is 94.3 Å². The standard InChI is InChI=1S/C19H24F3N3O3/c1-18(11-5-6-11,7-13(26)24-2)14-15(17(23)27)25-8-12(10-3-4-10)16(14)28-9-19(20,21)22/h8,10-11H,3-7,9H2,1-2H3,(H2,23,27)(H,24,26). The van der Waals surface area contributed by atoms with Crippen LogP contribution in [0.4, 0.5) is 13.2 Å². The molecule has 28 heavy (non-hydrogen) atoms. The zero-order valence-corrected chi connectivity index (χ0v) is 15.9. The van der Waals surface area contributed by atoms with E-state index >= 15 is 0 Å². The number of nitrogens with zero attached hydrogens (tertiary/aromatic N) is 1. The zero-order valence-electron chi connectivity index (χ0n) is 15.9. The Kier molecular flexibility index (Phi) is 5.29. The summed E-state index contributed by atoms with van der Waals surface area (Å²) < 4.78 is 44.0. The maximum atomic E-state index is 12.9. The van der Waals surface area contributed by atoms with Gasteiger partial charge in [-0.05, 0) is 37.5 Å². The molecule has 0 aliphatic heterocycles. The molecule has 1 atom stereocenters. The Balaban J connectivity index is 2.18. The molecule has 2 fully saturated rings. The summed E-state index contributed by atoms with van der Waals surface area (Å²) in [6.07, 6.45) is 0.0952. The number of hydrogen-bond acceptors (Lipinski definition) is 4. The molecule has 0 aromatic carbocycles. The number of carbonyl (C=O) groups is 2. The van der Waals surface area contributed by atoms with E-state index in [1.54, 1.807) is 6.92 Å². The molecule has 0 bridgehead atoms. The van der Waals surface area contributed by atoms with Crippen LogP contribution in [0.3, 0.4) is 0 Å². The molecule has 1 unspecified atom stereocenters. The summed E-state index contributed by atoms with van der Waals surface area (Å²) in [6, 6.07) is 0. The fraction of sp³-hybridized carbons (Fsp3) is 0.632. The molecule has 3 rings (SSSR count). The molecule has 1 aromatic rings. The van der Waals surface area contributed by atoms with Crippen LogP contribution in [0.25, 0.3) is 0 Å². The number of hydrogen-bond donors (Lipinski definition) is 2. The number of ether oxygens (including phenoxy) is 1. The van der Waals surface area contributed by atoms with E-state index in [1.807, 2.05) is 0 Å². The number of aromatic nitrogens is 1. The lowest BCUT2D eigenvalue weighted by atomic mass is 9.72. The van der Waals surface area contributed by atoms with Crippen molar-refractivity contribution in [3.8, 4) is 5.75 Å². The SMILES string of the molecule is CNC(=O)CC(C)(c1c(C(N)=O)ncc(C2CC2)c1OCC(F)(F)F)C1CC1. The van der Waals surface area contributed by atoms with Crippen LogP contribution in [0.15, 0.2) is 6.20 Å². The van der Waals surface area contributed by atoms with E-state index in [4.69, 9.17) is 10.5 Å². The quantitative estimate of drug-likeness (QED) is 0.703. The number of halogens is 3. The lowest BCUT2D eigenvalue weighted by Gasteiger charge is -2.33. The van der Waals surface area contributed by atoms with Gasteiger partial charge in [0.25, 0.3) is 5.91 Å². The van der Waals surface area contributed by atoms with Gasteiger partial charge >= 0.3 is 6.18 Å². The van der Waals surface area contributed by atoms with Crippen LogP contribution < -0.4 is 15.8 Å². The van der Waals surface area contributed by atoms with E-state index in [9.17, 15) is 22.8 Å². The fourth-order valence-corrected chi connectivity index (χ4v) is 3.80. The van der Waals surface area contributed by atoms with Gasteiger partial charge in [-0.15, -0.1) is 0 Å². The molecule has 2 aliphatic rings. The van der Waals surface area contributed by atoms with Crippen molar-refractivity contribution in [2.75, 3.05) is 13.7 Å². The summed E-state index contributed by atoms with van der Waals surface area (Å²) in [6.45, 7) is 0.295. The van der Waals surface area contributed by atoms with Crippen LogP contribution in [-0.4, -0.2) is 36.6 Å². The number of primary amides is 1. The van der Waals surface area contributed by atoms with Crippen molar-refractivity contribution in [1.82, 2.24) is 10.3 Å². The largest absolute Gasteiger partial charge is 0.483 e. The second kappa shape index (κ2) is 7.25. The van der Waals surface area contributed by atoms with Gasteiger partial charge in [0.1, 0.15) is 11.4 Å². The van der Waals surface area contributed by atoms with Gasteiger partial charge < -0.3 is 15.8 Å². The summed E-state index contributed by atoms with van der Waals surface area (Å²) in [5.74, 6) is -1.03. The third kappa shape index (κ3) is 4.23. The van der Waals surface area contributed by atoms with Gasteiger partial charge in [0.15, 0.2) is 6.61 Å². The Hall–Kier alpha value is -2.32. The Morgan fingerprint density at radius 1 is 1.29 bits per heavy atom. The van der Waals surface area contributed by atoms with Crippen LogP contribution in [0, 0.1) is 5.92 Å². The van der Waals surface area contributed by atoms with Crippen LogP contribution in [0.5, 0.6) is 5.75 Å². The number of carbonyl (C=O) groups excluding carboxylic acids is 2. The van der Waals surface area contributed by atoms with E-state index in [-0.39, 0.29) is 41.2 Å². The first-order valence-electron chi connectivity index (χ1n) is 9.30. The second-order valence-corrected chi connectivity index (χ2v) is 7.85. The first-order chi connectivity index (χ1) is 13.1. The lowest BCUT2D eigenvalue weighted by Crippen LogP contribution is -2.36. The molecular weight excluding hydrogens is 375 g/mol. The normalized spacial score (nSPS) is 19.0. The van der Waals surface area contributed by atoms with E-state index in [1.165, 1.54) is 13.2 Å². The Labute approximate surface area is 161 Å². The van der Waals surface area contributed by atoms with E-state index in [0.717, 1.165) is 25.7 Å². The predicted octanol–water partition coefficient (Wildman–Crippen LogP) is 2.80. The number of nitrogens with one attached hydrogen (secondary N) is 1.